The Hall–Kier alpha value is -2.30. The van der Waals surface area contributed by atoms with Crippen LogP contribution in [0.1, 0.15) is 31.7 Å². The molecule has 0 spiro atoms. The van der Waals surface area contributed by atoms with Gasteiger partial charge in [-0.1, -0.05) is 13.0 Å². The molecule has 1 aromatic carbocycles. The van der Waals surface area contributed by atoms with Crippen molar-refractivity contribution in [2.75, 3.05) is 11.1 Å². The second-order valence-electron chi connectivity index (χ2n) is 5.12. The van der Waals surface area contributed by atoms with Gasteiger partial charge < -0.3 is 15.8 Å². The van der Waals surface area contributed by atoms with E-state index in [2.05, 4.69) is 29.1 Å². The van der Waals surface area contributed by atoms with E-state index in [-0.39, 0.29) is 6.10 Å². The van der Waals surface area contributed by atoms with Gasteiger partial charge in [0, 0.05) is 17.3 Å². The van der Waals surface area contributed by atoms with Crippen molar-refractivity contribution in [3.63, 3.8) is 0 Å². The molecule has 1 aromatic heterocycles. The van der Waals surface area contributed by atoms with Crippen LogP contribution in [0, 0.1) is 13.8 Å². The smallest absolute Gasteiger partial charge is 0.139 e. The van der Waals surface area contributed by atoms with Gasteiger partial charge in [-0.3, -0.25) is 0 Å². The van der Waals surface area contributed by atoms with Gasteiger partial charge in [0.2, 0.25) is 0 Å². The Balaban J connectivity index is 2.22. The van der Waals surface area contributed by atoms with Gasteiger partial charge in [-0.05, 0) is 39.3 Å². The van der Waals surface area contributed by atoms with Crippen molar-refractivity contribution in [1.29, 1.82) is 0 Å². The zero-order chi connectivity index (χ0) is 15.4. The highest BCUT2D eigenvalue weighted by Crippen LogP contribution is 2.25. The predicted molar refractivity (Wildman–Crippen MR) is 86.0 cm³/mol. The van der Waals surface area contributed by atoms with E-state index < -0.39 is 0 Å². The van der Waals surface area contributed by atoms with E-state index in [0.29, 0.717) is 11.6 Å². The van der Waals surface area contributed by atoms with Gasteiger partial charge in [0.1, 0.15) is 23.2 Å². The van der Waals surface area contributed by atoms with Crippen LogP contribution in [0.3, 0.4) is 0 Å². The molecule has 1 atom stereocenters. The first-order valence-electron chi connectivity index (χ1n) is 7.14. The van der Waals surface area contributed by atoms with Crippen LogP contribution in [-0.4, -0.2) is 16.1 Å². The normalized spacial score (nSPS) is 12.0. The van der Waals surface area contributed by atoms with Gasteiger partial charge in [0.15, 0.2) is 0 Å². The minimum absolute atomic E-state index is 0.193. The number of nitrogen functional groups attached to an aromatic ring is 1. The summed E-state index contributed by atoms with van der Waals surface area (Å²) < 4.78 is 5.82. The molecule has 112 valence electrons. The van der Waals surface area contributed by atoms with Crippen LogP contribution in [0.2, 0.25) is 0 Å². The molecule has 0 aliphatic carbocycles. The van der Waals surface area contributed by atoms with Gasteiger partial charge in [0.25, 0.3) is 0 Å². The molecule has 0 saturated carbocycles. The van der Waals surface area contributed by atoms with Crippen molar-refractivity contribution in [3.8, 4) is 5.75 Å². The summed E-state index contributed by atoms with van der Waals surface area (Å²) in [4.78, 5) is 8.54. The molecule has 2 aromatic rings. The van der Waals surface area contributed by atoms with Gasteiger partial charge >= 0.3 is 0 Å². The maximum absolute atomic E-state index is 5.87. The fraction of sp³-hybridized carbons (Fsp3) is 0.375. The van der Waals surface area contributed by atoms with E-state index in [9.17, 15) is 0 Å². The molecule has 5 nitrogen and oxygen atoms in total. The second-order valence-corrected chi connectivity index (χ2v) is 5.12. The van der Waals surface area contributed by atoms with E-state index in [0.717, 1.165) is 29.2 Å². The first-order valence-corrected chi connectivity index (χ1v) is 7.14. The van der Waals surface area contributed by atoms with Crippen molar-refractivity contribution < 1.29 is 4.74 Å². The lowest BCUT2D eigenvalue weighted by Crippen LogP contribution is -2.10. The molecule has 5 heteroatoms. The third-order valence-electron chi connectivity index (χ3n) is 3.30. The number of nitrogens with two attached hydrogens (primary N) is 1. The molecular weight excluding hydrogens is 264 g/mol. The van der Waals surface area contributed by atoms with Crippen molar-refractivity contribution in [2.24, 2.45) is 0 Å². The Morgan fingerprint density at radius 1 is 1.29 bits per heavy atom. The third-order valence-corrected chi connectivity index (χ3v) is 3.30. The maximum Gasteiger partial charge on any atom is 0.139 e. The van der Waals surface area contributed by atoms with Crippen LogP contribution < -0.4 is 15.8 Å². The summed E-state index contributed by atoms with van der Waals surface area (Å²) in [6.45, 7) is 7.88. The molecule has 3 N–H and O–H groups in total. The van der Waals surface area contributed by atoms with E-state index in [1.165, 1.54) is 0 Å². The second kappa shape index (κ2) is 6.43. The molecule has 0 aliphatic heterocycles. The Labute approximate surface area is 125 Å². The van der Waals surface area contributed by atoms with Gasteiger partial charge in [-0.15, -0.1) is 0 Å². The predicted octanol–water partition coefficient (Wildman–Crippen LogP) is 3.60. The van der Waals surface area contributed by atoms with E-state index >= 15 is 0 Å². The minimum atomic E-state index is 0.193. The van der Waals surface area contributed by atoms with Gasteiger partial charge in [-0.25, -0.2) is 9.97 Å². The molecule has 0 amide bonds. The molecule has 0 radical (unpaired) electrons. The lowest BCUT2D eigenvalue weighted by atomic mass is 10.2. The standard InChI is InChI=1S/C16H22N4O/c1-5-10(2)21-14-8-6-7-13(9-14)20-16-11(3)15(17)18-12(4)19-16/h6-10H,5H2,1-4H3,(H3,17,18,19,20). The fourth-order valence-corrected chi connectivity index (χ4v) is 1.87. The Morgan fingerprint density at radius 3 is 2.76 bits per heavy atom. The molecule has 2 rings (SSSR count). The lowest BCUT2D eigenvalue weighted by Gasteiger charge is -2.15. The van der Waals surface area contributed by atoms with E-state index in [1.54, 1.807) is 0 Å². The number of anilines is 3. The van der Waals surface area contributed by atoms with Gasteiger partial charge in [0.05, 0.1) is 6.10 Å². The summed E-state index contributed by atoms with van der Waals surface area (Å²) in [5.74, 6) is 2.70. The number of ether oxygens (including phenoxy) is 1. The number of aryl methyl sites for hydroxylation is 1. The SMILES string of the molecule is CCC(C)Oc1cccc(Nc2nc(C)nc(N)c2C)c1. The Morgan fingerprint density at radius 2 is 2.05 bits per heavy atom. The molecular formula is C16H22N4O. The Bertz CT molecular complexity index is 628. The average molecular weight is 286 g/mol. The van der Waals surface area contributed by atoms with Crippen molar-refractivity contribution >= 4 is 17.3 Å². The maximum atomic E-state index is 5.87. The highest BCUT2D eigenvalue weighted by atomic mass is 16.5. The summed E-state index contributed by atoms with van der Waals surface area (Å²) in [7, 11) is 0. The highest BCUT2D eigenvalue weighted by molar-refractivity contribution is 5.64. The molecule has 0 aliphatic rings. The number of hydrogen-bond donors (Lipinski definition) is 2. The molecule has 21 heavy (non-hydrogen) atoms. The molecule has 0 bridgehead atoms. The number of rotatable bonds is 5. The quantitative estimate of drug-likeness (QED) is 0.878. The highest BCUT2D eigenvalue weighted by Gasteiger charge is 2.08. The van der Waals surface area contributed by atoms with Crippen LogP contribution in [0.5, 0.6) is 5.75 Å². The topological polar surface area (TPSA) is 73.1 Å². The minimum Gasteiger partial charge on any atom is -0.491 e. The summed E-state index contributed by atoms with van der Waals surface area (Å²) in [5.41, 5.74) is 7.63. The van der Waals surface area contributed by atoms with Crippen LogP contribution >= 0.6 is 0 Å². The fourth-order valence-electron chi connectivity index (χ4n) is 1.87. The largest absolute Gasteiger partial charge is 0.491 e. The zero-order valence-corrected chi connectivity index (χ0v) is 13.0. The molecule has 1 heterocycles. The number of nitrogens with one attached hydrogen (secondary N) is 1. The molecule has 0 saturated heterocycles. The average Bonchev–Trinajstić information content (AvgIpc) is 2.44. The molecule has 1 unspecified atom stereocenters. The summed E-state index contributed by atoms with van der Waals surface area (Å²) in [6, 6.07) is 7.83. The van der Waals surface area contributed by atoms with Crippen LogP contribution in [0.4, 0.5) is 17.3 Å². The first kappa shape index (κ1) is 15.1. The number of aromatic nitrogens is 2. The molecule has 0 fully saturated rings. The first-order chi connectivity index (χ1) is 9.99. The zero-order valence-electron chi connectivity index (χ0n) is 13.0. The number of benzene rings is 1. The van der Waals surface area contributed by atoms with Gasteiger partial charge in [-0.2, -0.15) is 0 Å². The lowest BCUT2D eigenvalue weighted by molar-refractivity contribution is 0.217. The summed E-state index contributed by atoms with van der Waals surface area (Å²) in [6.07, 6.45) is 1.16. The van der Waals surface area contributed by atoms with Crippen LogP contribution in [0.15, 0.2) is 24.3 Å². The Kier molecular flexibility index (Phi) is 4.62. The summed E-state index contributed by atoms with van der Waals surface area (Å²) >= 11 is 0. The van der Waals surface area contributed by atoms with E-state index in [4.69, 9.17) is 10.5 Å². The number of nitrogens with zero attached hydrogens (tertiary/aromatic N) is 2. The van der Waals surface area contributed by atoms with Crippen molar-refractivity contribution in [1.82, 2.24) is 9.97 Å². The van der Waals surface area contributed by atoms with Crippen LogP contribution in [-0.2, 0) is 0 Å². The van der Waals surface area contributed by atoms with Crippen molar-refractivity contribution in [2.45, 2.75) is 40.2 Å². The summed E-state index contributed by atoms with van der Waals surface area (Å²) in [5, 5.41) is 3.27. The van der Waals surface area contributed by atoms with Crippen molar-refractivity contribution in [3.05, 3.63) is 35.7 Å². The van der Waals surface area contributed by atoms with Crippen LogP contribution in [0.25, 0.3) is 0 Å². The third kappa shape index (κ3) is 3.84. The number of hydrogen-bond acceptors (Lipinski definition) is 5. The van der Waals surface area contributed by atoms with E-state index in [1.807, 2.05) is 38.1 Å². The monoisotopic (exact) mass is 286 g/mol.